The summed E-state index contributed by atoms with van der Waals surface area (Å²) in [7, 11) is 1.33. The highest BCUT2D eigenvalue weighted by Crippen LogP contribution is 2.23. The third-order valence-corrected chi connectivity index (χ3v) is 3.18. The van der Waals surface area contributed by atoms with Crippen LogP contribution in [0.1, 0.15) is 48.7 Å². The molecule has 0 spiro atoms. The molecule has 0 amide bonds. The van der Waals surface area contributed by atoms with Gasteiger partial charge in [0.15, 0.2) is 0 Å². The number of esters is 1. The van der Waals surface area contributed by atoms with Gasteiger partial charge >= 0.3 is 5.97 Å². The van der Waals surface area contributed by atoms with E-state index in [0.29, 0.717) is 23.5 Å². The molecule has 1 aromatic carbocycles. The van der Waals surface area contributed by atoms with Crippen LogP contribution in [0.15, 0.2) is 24.3 Å². The first kappa shape index (κ1) is 18.9. The summed E-state index contributed by atoms with van der Waals surface area (Å²) in [6.07, 6.45) is 0.858. The lowest BCUT2D eigenvalue weighted by Crippen LogP contribution is -2.28. The second kappa shape index (κ2) is 8.95. The molecule has 0 aliphatic heterocycles. The lowest BCUT2D eigenvalue weighted by atomic mass is 9.93. The third kappa shape index (κ3) is 5.12. The van der Waals surface area contributed by atoms with Crippen LogP contribution < -0.4 is 5.73 Å². The van der Waals surface area contributed by atoms with Gasteiger partial charge in [-0.05, 0) is 30.4 Å². The van der Waals surface area contributed by atoms with Gasteiger partial charge in [-0.2, -0.15) is 0 Å². The predicted octanol–water partition coefficient (Wildman–Crippen LogP) is 2.69. The number of hydrogen-bond donors (Lipinski definition) is 2. The average Bonchev–Trinajstić information content (AvgIpc) is 2.42. The molecule has 2 atom stereocenters. The summed E-state index contributed by atoms with van der Waals surface area (Å²) in [6, 6.07) is 6.40. The van der Waals surface area contributed by atoms with Crippen molar-refractivity contribution >= 4 is 18.4 Å². The number of benzene rings is 1. The summed E-state index contributed by atoms with van der Waals surface area (Å²) in [5.41, 5.74) is 7.11. The van der Waals surface area contributed by atoms with Crippen molar-refractivity contribution in [1.82, 2.24) is 0 Å². The van der Waals surface area contributed by atoms with Crippen LogP contribution in [-0.4, -0.2) is 24.3 Å². The highest BCUT2D eigenvalue weighted by atomic mass is 35.5. The lowest BCUT2D eigenvalue weighted by Gasteiger charge is -2.21. The molecule has 0 aliphatic carbocycles. The topological polar surface area (TPSA) is 72.5 Å². The van der Waals surface area contributed by atoms with Crippen molar-refractivity contribution in [3.05, 3.63) is 35.4 Å². The number of aliphatic hydroxyl groups is 1. The SMILES string of the molecule is COC(=O)c1ccccc1[C@@H](N)[C@@H](O)CCC(C)C.Cl. The number of nitrogens with two attached hydrogens (primary N) is 1. The molecule has 0 saturated carbocycles. The van der Waals surface area contributed by atoms with Gasteiger partial charge in [0.05, 0.1) is 24.8 Å². The Hall–Kier alpha value is -1.10. The van der Waals surface area contributed by atoms with Gasteiger partial charge in [-0.3, -0.25) is 0 Å². The zero-order chi connectivity index (χ0) is 14.4. The van der Waals surface area contributed by atoms with Crippen molar-refractivity contribution in [3.8, 4) is 0 Å². The molecular formula is C15H24ClNO3. The van der Waals surface area contributed by atoms with Crippen molar-refractivity contribution in [3.63, 3.8) is 0 Å². The van der Waals surface area contributed by atoms with Crippen LogP contribution in [0, 0.1) is 5.92 Å². The smallest absolute Gasteiger partial charge is 0.338 e. The second-order valence-corrected chi connectivity index (χ2v) is 5.14. The van der Waals surface area contributed by atoms with Crippen LogP contribution in [0.3, 0.4) is 0 Å². The van der Waals surface area contributed by atoms with Crippen molar-refractivity contribution in [2.24, 2.45) is 11.7 Å². The van der Waals surface area contributed by atoms with E-state index in [2.05, 4.69) is 13.8 Å². The monoisotopic (exact) mass is 301 g/mol. The van der Waals surface area contributed by atoms with E-state index >= 15 is 0 Å². The molecule has 0 aromatic heterocycles. The van der Waals surface area contributed by atoms with Crippen LogP contribution in [0.2, 0.25) is 0 Å². The molecule has 0 unspecified atom stereocenters. The van der Waals surface area contributed by atoms with Crippen LogP contribution in [0.4, 0.5) is 0 Å². The van der Waals surface area contributed by atoms with Crippen molar-refractivity contribution in [2.45, 2.75) is 38.8 Å². The second-order valence-electron chi connectivity index (χ2n) is 5.14. The summed E-state index contributed by atoms with van der Waals surface area (Å²) in [5, 5.41) is 10.1. The van der Waals surface area contributed by atoms with Crippen molar-refractivity contribution in [1.29, 1.82) is 0 Å². The Morgan fingerprint density at radius 3 is 2.45 bits per heavy atom. The number of aliphatic hydroxyl groups excluding tert-OH is 1. The van der Waals surface area contributed by atoms with Gasteiger partial charge in [0, 0.05) is 0 Å². The Balaban J connectivity index is 0.00000361. The first-order valence-electron chi connectivity index (χ1n) is 6.58. The molecule has 0 heterocycles. The first-order valence-corrected chi connectivity index (χ1v) is 6.58. The van der Waals surface area contributed by atoms with E-state index in [1.54, 1.807) is 24.3 Å². The highest BCUT2D eigenvalue weighted by Gasteiger charge is 2.22. The van der Waals surface area contributed by atoms with Gasteiger partial charge in [0.2, 0.25) is 0 Å². The summed E-state index contributed by atoms with van der Waals surface area (Å²) in [6.45, 7) is 4.20. The summed E-state index contributed by atoms with van der Waals surface area (Å²) in [5.74, 6) is 0.0832. The quantitative estimate of drug-likeness (QED) is 0.792. The number of ether oxygens (including phenoxy) is 1. The molecule has 1 rings (SSSR count). The molecule has 0 aliphatic rings. The molecule has 4 nitrogen and oxygen atoms in total. The lowest BCUT2D eigenvalue weighted by molar-refractivity contribution is 0.0596. The van der Waals surface area contributed by atoms with Gasteiger partial charge in [-0.1, -0.05) is 32.0 Å². The molecule has 20 heavy (non-hydrogen) atoms. The van der Waals surface area contributed by atoms with Gasteiger partial charge in [0.1, 0.15) is 0 Å². The first-order chi connectivity index (χ1) is 8.97. The fraction of sp³-hybridized carbons (Fsp3) is 0.533. The Morgan fingerprint density at radius 2 is 1.90 bits per heavy atom. The van der Waals surface area contributed by atoms with Gasteiger partial charge in [-0.25, -0.2) is 4.79 Å². The molecule has 3 N–H and O–H groups in total. The summed E-state index contributed by atoms with van der Waals surface area (Å²) < 4.78 is 4.73. The van der Waals surface area contributed by atoms with E-state index in [-0.39, 0.29) is 12.4 Å². The summed E-state index contributed by atoms with van der Waals surface area (Å²) >= 11 is 0. The summed E-state index contributed by atoms with van der Waals surface area (Å²) in [4.78, 5) is 11.7. The zero-order valence-electron chi connectivity index (χ0n) is 12.2. The van der Waals surface area contributed by atoms with Gasteiger partial charge in [-0.15, -0.1) is 12.4 Å². The van der Waals surface area contributed by atoms with E-state index in [4.69, 9.17) is 10.5 Å². The Bertz CT molecular complexity index is 423. The maximum atomic E-state index is 11.7. The van der Waals surface area contributed by atoms with Crippen LogP contribution in [0.5, 0.6) is 0 Å². The van der Waals surface area contributed by atoms with E-state index in [9.17, 15) is 9.90 Å². The molecule has 1 aromatic rings. The van der Waals surface area contributed by atoms with E-state index in [1.165, 1.54) is 7.11 Å². The minimum atomic E-state index is -0.659. The zero-order valence-corrected chi connectivity index (χ0v) is 13.0. The predicted molar refractivity (Wildman–Crippen MR) is 82.0 cm³/mol. The number of rotatable bonds is 6. The van der Waals surface area contributed by atoms with E-state index < -0.39 is 18.1 Å². The fourth-order valence-electron chi connectivity index (χ4n) is 1.97. The molecule has 0 radical (unpaired) electrons. The van der Waals surface area contributed by atoms with Crippen molar-refractivity contribution < 1.29 is 14.6 Å². The molecule has 5 heteroatoms. The third-order valence-electron chi connectivity index (χ3n) is 3.18. The molecule has 0 bridgehead atoms. The molecule has 114 valence electrons. The Kier molecular flexibility index (Phi) is 8.46. The molecule has 0 fully saturated rings. The van der Waals surface area contributed by atoms with Crippen LogP contribution in [-0.2, 0) is 4.74 Å². The normalized spacial score (nSPS) is 13.5. The van der Waals surface area contributed by atoms with Crippen molar-refractivity contribution in [2.75, 3.05) is 7.11 Å². The largest absolute Gasteiger partial charge is 0.465 e. The minimum Gasteiger partial charge on any atom is -0.465 e. The van der Waals surface area contributed by atoms with Crippen LogP contribution in [0.25, 0.3) is 0 Å². The average molecular weight is 302 g/mol. The maximum Gasteiger partial charge on any atom is 0.338 e. The maximum absolute atomic E-state index is 11.7. The number of carbonyl (C=O) groups excluding carboxylic acids is 1. The van der Waals surface area contributed by atoms with E-state index in [0.717, 1.165) is 6.42 Å². The fourth-order valence-corrected chi connectivity index (χ4v) is 1.97. The Morgan fingerprint density at radius 1 is 1.30 bits per heavy atom. The standard InChI is InChI=1S/C15H23NO3.ClH/c1-10(2)8-9-13(17)14(16)11-6-4-5-7-12(11)15(18)19-3;/h4-7,10,13-14,17H,8-9,16H2,1-3H3;1H/t13-,14+;/m0./s1. The highest BCUT2D eigenvalue weighted by molar-refractivity contribution is 5.91. The number of methoxy groups -OCH3 is 1. The number of halogens is 1. The number of carbonyl (C=O) groups is 1. The van der Waals surface area contributed by atoms with Gasteiger partial charge < -0.3 is 15.6 Å². The minimum absolute atomic E-state index is 0. The van der Waals surface area contributed by atoms with E-state index in [1.807, 2.05) is 0 Å². The molecule has 0 saturated heterocycles. The molecular weight excluding hydrogens is 278 g/mol. The Labute approximate surface area is 126 Å². The van der Waals surface area contributed by atoms with Crippen LogP contribution >= 0.6 is 12.4 Å². The van der Waals surface area contributed by atoms with Gasteiger partial charge in [0.25, 0.3) is 0 Å². The number of hydrogen-bond acceptors (Lipinski definition) is 4.